The van der Waals surface area contributed by atoms with E-state index in [-0.39, 0.29) is 11.7 Å². The molecule has 5 rings (SSSR count). The summed E-state index contributed by atoms with van der Waals surface area (Å²) < 4.78 is 4.17. The van der Waals surface area contributed by atoms with Crippen LogP contribution in [0.1, 0.15) is 6.92 Å². The molecule has 0 radical (unpaired) electrons. The van der Waals surface area contributed by atoms with Crippen LogP contribution in [0.3, 0.4) is 0 Å². The highest BCUT2D eigenvalue weighted by Crippen LogP contribution is 2.31. The van der Waals surface area contributed by atoms with E-state index in [1.165, 1.54) is 17.3 Å². The topological polar surface area (TPSA) is 64.7 Å². The number of nitrogens with one attached hydrogen (secondary N) is 1. The van der Waals surface area contributed by atoms with Gasteiger partial charge in [-0.15, -0.1) is 10.2 Å². The number of rotatable bonds is 6. The summed E-state index contributed by atoms with van der Waals surface area (Å²) in [5, 5.41) is 15.9. The molecule has 0 aliphatic carbocycles. The van der Waals surface area contributed by atoms with Crippen molar-refractivity contribution in [3.63, 3.8) is 0 Å². The molecule has 0 saturated carbocycles. The Kier molecular flexibility index (Phi) is 5.41. The maximum Gasteiger partial charge on any atom is 0.234 e. The van der Waals surface area contributed by atoms with E-state index in [1.54, 1.807) is 0 Å². The zero-order valence-electron chi connectivity index (χ0n) is 17.9. The first-order valence-corrected chi connectivity index (χ1v) is 11.5. The molecule has 3 aromatic carbocycles. The lowest BCUT2D eigenvalue weighted by atomic mass is 10.1. The van der Waals surface area contributed by atoms with Crippen molar-refractivity contribution in [1.82, 2.24) is 19.3 Å². The van der Waals surface area contributed by atoms with Gasteiger partial charge in [0.25, 0.3) is 0 Å². The highest BCUT2D eigenvalue weighted by molar-refractivity contribution is 7.99. The Morgan fingerprint density at radius 2 is 1.78 bits per heavy atom. The fraction of sp³-hybridized carbons (Fsp3) is 0.160. The maximum absolute atomic E-state index is 12.5. The molecular weight excluding hydrogens is 418 g/mol. The fourth-order valence-corrected chi connectivity index (χ4v) is 4.67. The summed E-state index contributed by atoms with van der Waals surface area (Å²) in [6, 6.07) is 22.3. The van der Waals surface area contributed by atoms with Crippen LogP contribution in [-0.2, 0) is 18.4 Å². The summed E-state index contributed by atoms with van der Waals surface area (Å²) in [5.74, 6) is 0.985. The summed E-state index contributed by atoms with van der Waals surface area (Å²) in [7, 11) is 1.94. The van der Waals surface area contributed by atoms with Gasteiger partial charge in [0.15, 0.2) is 11.0 Å². The quantitative estimate of drug-likeness (QED) is 0.361. The average molecular weight is 442 g/mol. The molecule has 0 saturated heterocycles. The Morgan fingerprint density at radius 3 is 2.62 bits per heavy atom. The van der Waals surface area contributed by atoms with Crippen LogP contribution in [0.5, 0.6) is 0 Å². The molecule has 0 aliphatic heterocycles. The first kappa shape index (κ1) is 20.3. The van der Waals surface area contributed by atoms with Crippen molar-refractivity contribution in [3.05, 3.63) is 72.9 Å². The molecule has 7 heteroatoms. The Hall–Kier alpha value is -3.58. The molecule has 1 N–H and O–H groups in total. The largest absolute Gasteiger partial charge is 0.347 e. The van der Waals surface area contributed by atoms with Crippen molar-refractivity contribution >= 4 is 45.0 Å². The maximum atomic E-state index is 12.5. The summed E-state index contributed by atoms with van der Waals surface area (Å²) in [5.41, 5.74) is 3.02. The minimum absolute atomic E-state index is 0.0718. The minimum Gasteiger partial charge on any atom is -0.347 e. The predicted molar refractivity (Wildman–Crippen MR) is 131 cm³/mol. The normalized spacial score (nSPS) is 11.3. The number of carbonyl (C=O) groups is 1. The standard InChI is InChI=1S/C25H23N5OS/c1-3-30-15-21(20-10-6-7-11-22(20)30)24-27-28-25(29(24)2)32-16-23(31)26-19-13-12-17-8-4-5-9-18(17)14-19/h4-15H,3,16H2,1-2H3,(H,26,31). The molecule has 0 unspecified atom stereocenters. The highest BCUT2D eigenvalue weighted by atomic mass is 32.2. The molecule has 160 valence electrons. The minimum atomic E-state index is -0.0718. The van der Waals surface area contributed by atoms with Gasteiger partial charge in [-0.1, -0.05) is 60.3 Å². The third-order valence-electron chi connectivity index (χ3n) is 5.57. The van der Waals surface area contributed by atoms with Gasteiger partial charge in [0.1, 0.15) is 0 Å². The van der Waals surface area contributed by atoms with Crippen molar-refractivity contribution in [1.29, 1.82) is 0 Å². The zero-order chi connectivity index (χ0) is 22.1. The first-order chi connectivity index (χ1) is 15.6. The van der Waals surface area contributed by atoms with E-state index in [2.05, 4.69) is 51.4 Å². The van der Waals surface area contributed by atoms with Gasteiger partial charge in [-0.05, 0) is 35.9 Å². The third-order valence-corrected chi connectivity index (χ3v) is 6.59. The van der Waals surface area contributed by atoms with E-state index >= 15 is 0 Å². The average Bonchev–Trinajstić information content (AvgIpc) is 3.37. The van der Waals surface area contributed by atoms with Crippen LogP contribution in [0.15, 0.2) is 78.1 Å². The number of hydrogen-bond acceptors (Lipinski definition) is 4. The molecule has 1 amide bonds. The van der Waals surface area contributed by atoms with Crippen molar-refractivity contribution in [2.45, 2.75) is 18.6 Å². The van der Waals surface area contributed by atoms with Gasteiger partial charge in [0.2, 0.25) is 5.91 Å². The molecule has 0 fully saturated rings. The van der Waals surface area contributed by atoms with Gasteiger partial charge in [0, 0.05) is 41.9 Å². The summed E-state index contributed by atoms with van der Waals surface area (Å²) in [4.78, 5) is 12.5. The lowest BCUT2D eigenvalue weighted by Crippen LogP contribution is -2.14. The Morgan fingerprint density at radius 1 is 1.00 bits per heavy atom. The van der Waals surface area contributed by atoms with E-state index in [1.807, 2.05) is 60.1 Å². The molecule has 0 atom stereocenters. The highest BCUT2D eigenvalue weighted by Gasteiger charge is 2.17. The number of para-hydroxylation sites is 1. The molecule has 6 nitrogen and oxygen atoms in total. The van der Waals surface area contributed by atoms with Crippen molar-refractivity contribution in [2.75, 3.05) is 11.1 Å². The second-order valence-electron chi connectivity index (χ2n) is 7.61. The van der Waals surface area contributed by atoms with Gasteiger partial charge in [-0.2, -0.15) is 0 Å². The number of aromatic nitrogens is 4. The SMILES string of the molecule is CCn1cc(-c2nnc(SCC(=O)Nc3ccc4ccccc4c3)n2C)c2ccccc21. The predicted octanol–water partition coefficient (Wildman–Crippen LogP) is 5.34. The summed E-state index contributed by atoms with van der Waals surface area (Å²) >= 11 is 1.38. The van der Waals surface area contributed by atoms with Gasteiger partial charge >= 0.3 is 0 Å². The molecule has 0 aliphatic rings. The third kappa shape index (κ3) is 3.76. The molecule has 2 heterocycles. The zero-order valence-corrected chi connectivity index (χ0v) is 18.8. The van der Waals surface area contributed by atoms with Crippen LogP contribution >= 0.6 is 11.8 Å². The van der Waals surface area contributed by atoms with Crippen LogP contribution in [0.25, 0.3) is 33.1 Å². The number of anilines is 1. The van der Waals surface area contributed by atoms with E-state index < -0.39 is 0 Å². The Bertz CT molecular complexity index is 1440. The van der Waals surface area contributed by atoms with Gasteiger partial charge in [-0.25, -0.2) is 0 Å². The van der Waals surface area contributed by atoms with Gasteiger partial charge < -0.3 is 14.5 Å². The fourth-order valence-electron chi connectivity index (χ4n) is 3.96. The van der Waals surface area contributed by atoms with Crippen LogP contribution in [0.4, 0.5) is 5.69 Å². The molecule has 5 aromatic rings. The number of hydrogen-bond donors (Lipinski definition) is 1. The van der Waals surface area contributed by atoms with E-state index in [9.17, 15) is 4.79 Å². The van der Waals surface area contributed by atoms with Crippen LogP contribution in [0, 0.1) is 0 Å². The van der Waals surface area contributed by atoms with Crippen LogP contribution < -0.4 is 5.32 Å². The van der Waals surface area contributed by atoms with Gasteiger partial charge in [-0.3, -0.25) is 4.79 Å². The Labute approximate surface area is 190 Å². The molecule has 32 heavy (non-hydrogen) atoms. The Balaban J connectivity index is 1.31. The monoisotopic (exact) mass is 441 g/mol. The van der Waals surface area contributed by atoms with Crippen molar-refractivity contribution in [3.8, 4) is 11.4 Å². The lowest BCUT2D eigenvalue weighted by Gasteiger charge is -2.07. The number of amides is 1. The summed E-state index contributed by atoms with van der Waals surface area (Å²) in [6.07, 6.45) is 2.12. The molecule has 2 aromatic heterocycles. The molecular formula is C25H23N5OS. The van der Waals surface area contributed by atoms with Gasteiger partial charge in [0.05, 0.1) is 5.75 Å². The number of carbonyl (C=O) groups excluding carboxylic acids is 1. The lowest BCUT2D eigenvalue weighted by molar-refractivity contribution is -0.113. The van der Waals surface area contributed by atoms with Crippen molar-refractivity contribution in [2.24, 2.45) is 7.05 Å². The van der Waals surface area contributed by atoms with E-state index in [4.69, 9.17) is 0 Å². The number of benzene rings is 3. The molecule has 0 spiro atoms. The van der Waals surface area contributed by atoms with Crippen LogP contribution in [0.2, 0.25) is 0 Å². The number of nitrogens with zero attached hydrogens (tertiary/aromatic N) is 4. The second kappa shape index (κ2) is 8.51. The van der Waals surface area contributed by atoms with E-state index in [0.29, 0.717) is 5.16 Å². The number of fused-ring (bicyclic) bond motifs is 2. The smallest absolute Gasteiger partial charge is 0.234 e. The molecule has 0 bridgehead atoms. The number of thioether (sulfide) groups is 1. The van der Waals surface area contributed by atoms with E-state index in [0.717, 1.165) is 39.8 Å². The summed E-state index contributed by atoms with van der Waals surface area (Å²) in [6.45, 7) is 3.01. The van der Waals surface area contributed by atoms with Crippen LogP contribution in [-0.4, -0.2) is 31.0 Å². The second-order valence-corrected chi connectivity index (χ2v) is 8.55. The first-order valence-electron chi connectivity index (χ1n) is 10.5. The number of aryl methyl sites for hydroxylation is 1. The van der Waals surface area contributed by atoms with Crippen molar-refractivity contribution < 1.29 is 4.79 Å².